The van der Waals surface area contributed by atoms with E-state index >= 15 is 0 Å². The zero-order chi connectivity index (χ0) is 12.5. The standard InChI is InChI=1S/C15H29N2/c1-4-7-10-15-11-14-16(12-8-5-2)17(15)13-9-6-3/h11,14H,4-10,12-13H2,1-3H3/q+1. The van der Waals surface area contributed by atoms with Gasteiger partial charge in [-0.3, -0.25) is 0 Å². The largest absolute Gasteiger partial charge is 0.195 e. The molecule has 0 saturated carbocycles. The minimum Gasteiger partial charge on any atom is -0.158 e. The zero-order valence-corrected chi connectivity index (χ0v) is 11.9. The van der Waals surface area contributed by atoms with Crippen LogP contribution < -0.4 is 4.68 Å². The van der Waals surface area contributed by atoms with Crippen LogP contribution in [0.3, 0.4) is 0 Å². The number of aromatic nitrogens is 2. The highest BCUT2D eigenvalue weighted by molar-refractivity contribution is 4.97. The molecule has 2 nitrogen and oxygen atoms in total. The number of rotatable bonds is 9. The number of hydrogen-bond acceptors (Lipinski definition) is 0. The molecular formula is C15H29N2+. The summed E-state index contributed by atoms with van der Waals surface area (Å²) in [4.78, 5) is 0. The van der Waals surface area contributed by atoms with Gasteiger partial charge >= 0.3 is 0 Å². The summed E-state index contributed by atoms with van der Waals surface area (Å²) in [5.74, 6) is 0. The maximum atomic E-state index is 2.51. The van der Waals surface area contributed by atoms with Crippen LogP contribution in [0.5, 0.6) is 0 Å². The molecule has 0 aliphatic heterocycles. The van der Waals surface area contributed by atoms with E-state index in [1.165, 1.54) is 63.7 Å². The summed E-state index contributed by atoms with van der Waals surface area (Å²) in [7, 11) is 0. The quantitative estimate of drug-likeness (QED) is 0.579. The molecule has 1 heterocycles. The Hall–Kier alpha value is -0.790. The summed E-state index contributed by atoms with van der Waals surface area (Å²) in [6.45, 7) is 9.16. The van der Waals surface area contributed by atoms with E-state index in [1.807, 2.05) is 0 Å². The highest BCUT2D eigenvalue weighted by Crippen LogP contribution is 2.06. The molecule has 1 aromatic rings. The van der Waals surface area contributed by atoms with Gasteiger partial charge in [0.25, 0.3) is 0 Å². The van der Waals surface area contributed by atoms with Crippen LogP contribution in [-0.2, 0) is 19.5 Å². The molecule has 0 saturated heterocycles. The Morgan fingerprint density at radius 3 is 2.35 bits per heavy atom. The van der Waals surface area contributed by atoms with Gasteiger partial charge < -0.3 is 0 Å². The van der Waals surface area contributed by atoms with Crippen molar-refractivity contribution in [2.75, 3.05) is 0 Å². The maximum Gasteiger partial charge on any atom is 0.195 e. The lowest BCUT2D eigenvalue weighted by Crippen LogP contribution is -2.43. The highest BCUT2D eigenvalue weighted by Gasteiger charge is 2.13. The van der Waals surface area contributed by atoms with Gasteiger partial charge in [-0.2, -0.15) is 4.68 Å². The monoisotopic (exact) mass is 237 g/mol. The molecule has 1 aromatic heterocycles. The molecule has 0 unspecified atom stereocenters. The molecule has 0 aliphatic rings. The van der Waals surface area contributed by atoms with E-state index in [0.717, 1.165) is 0 Å². The van der Waals surface area contributed by atoms with Crippen LogP contribution in [-0.4, -0.2) is 4.68 Å². The van der Waals surface area contributed by atoms with Gasteiger partial charge in [-0.15, -0.1) is 4.68 Å². The Morgan fingerprint density at radius 2 is 1.71 bits per heavy atom. The first-order valence-corrected chi connectivity index (χ1v) is 7.41. The van der Waals surface area contributed by atoms with Gasteiger partial charge in [0.15, 0.2) is 12.7 Å². The normalized spacial score (nSPS) is 11.0. The van der Waals surface area contributed by atoms with Gasteiger partial charge in [0, 0.05) is 12.5 Å². The van der Waals surface area contributed by atoms with Crippen molar-refractivity contribution in [1.82, 2.24) is 4.68 Å². The molecule has 0 amide bonds. The summed E-state index contributed by atoms with van der Waals surface area (Å²) >= 11 is 0. The summed E-state index contributed by atoms with van der Waals surface area (Å²) in [6.07, 6.45) is 11.2. The predicted molar refractivity (Wildman–Crippen MR) is 73.1 cm³/mol. The molecule has 0 spiro atoms. The minimum atomic E-state index is 1.17. The number of nitrogens with zero attached hydrogens (tertiary/aromatic N) is 2. The average Bonchev–Trinajstić information content (AvgIpc) is 2.73. The third-order valence-electron chi connectivity index (χ3n) is 3.33. The molecule has 0 aliphatic carbocycles. The molecule has 0 aromatic carbocycles. The second-order valence-corrected chi connectivity index (χ2v) is 4.90. The van der Waals surface area contributed by atoms with E-state index in [9.17, 15) is 0 Å². The fourth-order valence-electron chi connectivity index (χ4n) is 2.17. The Morgan fingerprint density at radius 1 is 1.00 bits per heavy atom. The molecule has 0 N–H and O–H groups in total. The van der Waals surface area contributed by atoms with E-state index in [4.69, 9.17) is 0 Å². The van der Waals surface area contributed by atoms with Crippen LogP contribution >= 0.6 is 0 Å². The van der Waals surface area contributed by atoms with Crippen molar-refractivity contribution >= 4 is 0 Å². The Labute approximate surface area is 107 Å². The lowest BCUT2D eigenvalue weighted by atomic mass is 10.2. The minimum absolute atomic E-state index is 1.17. The third kappa shape index (κ3) is 4.53. The molecule has 2 heteroatoms. The van der Waals surface area contributed by atoms with Crippen molar-refractivity contribution in [2.45, 2.75) is 78.8 Å². The zero-order valence-electron chi connectivity index (χ0n) is 11.9. The van der Waals surface area contributed by atoms with Crippen molar-refractivity contribution in [3.8, 4) is 0 Å². The molecule has 0 bridgehead atoms. The Bertz CT molecular complexity index is 276. The average molecular weight is 237 g/mol. The Kier molecular flexibility index (Phi) is 6.99. The second kappa shape index (κ2) is 8.32. The number of aryl methyl sites for hydroxylation is 2. The molecule has 98 valence electrons. The Balaban J connectivity index is 2.70. The van der Waals surface area contributed by atoms with Crippen molar-refractivity contribution in [2.24, 2.45) is 0 Å². The van der Waals surface area contributed by atoms with E-state index in [2.05, 4.69) is 42.4 Å². The first kappa shape index (κ1) is 14.3. The van der Waals surface area contributed by atoms with Crippen LogP contribution in [0.4, 0.5) is 0 Å². The highest BCUT2D eigenvalue weighted by atomic mass is 15.4. The van der Waals surface area contributed by atoms with Gasteiger partial charge in [0.05, 0.1) is 12.2 Å². The second-order valence-electron chi connectivity index (χ2n) is 4.90. The molecular weight excluding hydrogens is 208 g/mol. The van der Waals surface area contributed by atoms with Gasteiger partial charge in [-0.25, -0.2) is 0 Å². The van der Waals surface area contributed by atoms with E-state index in [0.29, 0.717) is 0 Å². The van der Waals surface area contributed by atoms with Gasteiger partial charge in [0.1, 0.15) is 0 Å². The van der Waals surface area contributed by atoms with Crippen LogP contribution in [0.15, 0.2) is 12.3 Å². The number of unbranched alkanes of at least 4 members (excludes halogenated alkanes) is 3. The van der Waals surface area contributed by atoms with Crippen molar-refractivity contribution in [1.29, 1.82) is 0 Å². The molecule has 1 rings (SSSR count). The summed E-state index contributed by atoms with van der Waals surface area (Å²) in [5, 5.41) is 0. The fraction of sp³-hybridized carbons (Fsp3) is 0.800. The van der Waals surface area contributed by atoms with Gasteiger partial charge in [-0.1, -0.05) is 40.0 Å². The lowest BCUT2D eigenvalue weighted by molar-refractivity contribution is -0.776. The summed E-state index contributed by atoms with van der Waals surface area (Å²) in [6, 6.07) is 2.32. The maximum absolute atomic E-state index is 2.51. The van der Waals surface area contributed by atoms with Gasteiger partial charge in [0.2, 0.25) is 0 Å². The van der Waals surface area contributed by atoms with Gasteiger partial charge in [-0.05, 0) is 19.3 Å². The van der Waals surface area contributed by atoms with Crippen molar-refractivity contribution < 1.29 is 4.68 Å². The SMILES string of the molecule is CCCCc1cc[n+](CCCC)n1CCCC. The molecule has 0 atom stereocenters. The summed E-state index contributed by atoms with van der Waals surface area (Å²) in [5.41, 5.74) is 1.52. The lowest BCUT2D eigenvalue weighted by Gasteiger charge is -2.06. The molecule has 0 radical (unpaired) electrons. The van der Waals surface area contributed by atoms with Crippen LogP contribution in [0.2, 0.25) is 0 Å². The van der Waals surface area contributed by atoms with Crippen molar-refractivity contribution in [3.05, 3.63) is 18.0 Å². The summed E-state index contributed by atoms with van der Waals surface area (Å²) < 4.78 is 4.93. The first-order valence-electron chi connectivity index (χ1n) is 7.41. The van der Waals surface area contributed by atoms with Crippen molar-refractivity contribution in [3.63, 3.8) is 0 Å². The van der Waals surface area contributed by atoms with Crippen LogP contribution in [0.1, 0.15) is 65.0 Å². The molecule has 17 heavy (non-hydrogen) atoms. The van der Waals surface area contributed by atoms with E-state index in [1.54, 1.807) is 0 Å². The predicted octanol–water partition coefficient (Wildman–Crippen LogP) is 3.72. The topological polar surface area (TPSA) is 8.81 Å². The first-order chi connectivity index (χ1) is 8.33. The smallest absolute Gasteiger partial charge is 0.158 e. The third-order valence-corrected chi connectivity index (χ3v) is 3.33. The van der Waals surface area contributed by atoms with Crippen LogP contribution in [0.25, 0.3) is 0 Å². The fourth-order valence-corrected chi connectivity index (χ4v) is 2.17. The van der Waals surface area contributed by atoms with Crippen LogP contribution in [0, 0.1) is 0 Å². The van der Waals surface area contributed by atoms with E-state index in [-0.39, 0.29) is 0 Å². The number of hydrogen-bond donors (Lipinski definition) is 0. The van der Waals surface area contributed by atoms with E-state index < -0.39 is 0 Å². The molecule has 0 fully saturated rings.